The SMILES string of the molecule is C=C(C)/C=C\NC=S. The Morgan fingerprint density at radius 3 is 2.75 bits per heavy atom. The highest BCUT2D eigenvalue weighted by Crippen LogP contribution is 1.84. The maximum atomic E-state index is 4.49. The van der Waals surface area contributed by atoms with E-state index in [1.54, 1.807) is 6.20 Å². The van der Waals surface area contributed by atoms with Gasteiger partial charge in [-0.1, -0.05) is 24.4 Å². The molecule has 0 unspecified atom stereocenters. The van der Waals surface area contributed by atoms with Gasteiger partial charge in [-0.15, -0.1) is 0 Å². The van der Waals surface area contributed by atoms with Crippen molar-refractivity contribution in [3.05, 3.63) is 24.4 Å². The third-order valence-electron chi connectivity index (χ3n) is 0.532. The van der Waals surface area contributed by atoms with Gasteiger partial charge in [-0.3, -0.25) is 0 Å². The minimum absolute atomic E-state index is 1.01. The molecule has 0 fully saturated rings. The van der Waals surface area contributed by atoms with E-state index in [1.165, 1.54) is 5.49 Å². The van der Waals surface area contributed by atoms with Crippen LogP contribution in [0.5, 0.6) is 0 Å². The Labute approximate surface area is 55.1 Å². The van der Waals surface area contributed by atoms with E-state index in [0.717, 1.165) is 5.57 Å². The van der Waals surface area contributed by atoms with Crippen molar-refractivity contribution in [2.45, 2.75) is 6.92 Å². The Morgan fingerprint density at radius 2 is 2.38 bits per heavy atom. The predicted molar refractivity (Wildman–Crippen MR) is 40.7 cm³/mol. The van der Waals surface area contributed by atoms with Crippen molar-refractivity contribution in [3.63, 3.8) is 0 Å². The van der Waals surface area contributed by atoms with Crippen LogP contribution in [0.15, 0.2) is 24.4 Å². The van der Waals surface area contributed by atoms with E-state index in [1.807, 2.05) is 13.0 Å². The number of hydrogen-bond donors (Lipinski definition) is 1. The molecule has 0 aliphatic heterocycles. The lowest BCUT2D eigenvalue weighted by atomic mass is 10.3. The van der Waals surface area contributed by atoms with Crippen molar-refractivity contribution >= 4 is 17.7 Å². The molecule has 0 saturated heterocycles. The maximum absolute atomic E-state index is 4.49. The van der Waals surface area contributed by atoms with Gasteiger partial charge < -0.3 is 5.32 Å². The molecule has 0 rings (SSSR count). The number of rotatable bonds is 3. The molecule has 1 nitrogen and oxygen atoms in total. The lowest BCUT2D eigenvalue weighted by Gasteiger charge is -1.84. The van der Waals surface area contributed by atoms with Gasteiger partial charge in [0.05, 0.1) is 5.49 Å². The summed E-state index contributed by atoms with van der Waals surface area (Å²) in [7, 11) is 0. The summed E-state index contributed by atoms with van der Waals surface area (Å²) < 4.78 is 0. The number of nitrogens with one attached hydrogen (secondary N) is 1. The first-order chi connectivity index (χ1) is 3.77. The van der Waals surface area contributed by atoms with Crippen LogP contribution >= 0.6 is 12.2 Å². The molecule has 0 amide bonds. The van der Waals surface area contributed by atoms with Crippen molar-refractivity contribution in [2.24, 2.45) is 0 Å². The summed E-state index contributed by atoms with van der Waals surface area (Å²) in [5.41, 5.74) is 2.45. The summed E-state index contributed by atoms with van der Waals surface area (Å²) in [5.74, 6) is 0. The standard InChI is InChI=1S/C6H9NS/c1-6(2)3-4-7-5-8/h3-5H,1H2,2H3,(H,7,8)/b4-3-. The van der Waals surface area contributed by atoms with Crippen LogP contribution in [-0.2, 0) is 0 Å². The molecule has 0 heterocycles. The average molecular weight is 127 g/mol. The van der Waals surface area contributed by atoms with Gasteiger partial charge in [0.1, 0.15) is 0 Å². The Hall–Kier alpha value is -0.630. The quantitative estimate of drug-likeness (QED) is 0.456. The van der Waals surface area contributed by atoms with Gasteiger partial charge in [0, 0.05) is 6.20 Å². The second kappa shape index (κ2) is 4.53. The zero-order chi connectivity index (χ0) is 6.41. The minimum atomic E-state index is 1.01. The third kappa shape index (κ3) is 5.37. The molecule has 0 aromatic rings. The summed E-state index contributed by atoms with van der Waals surface area (Å²) in [4.78, 5) is 0. The molecule has 0 aromatic heterocycles. The topological polar surface area (TPSA) is 12.0 Å². The largest absolute Gasteiger partial charge is 0.359 e. The van der Waals surface area contributed by atoms with Crippen LogP contribution in [0, 0.1) is 0 Å². The van der Waals surface area contributed by atoms with Gasteiger partial charge in [0.15, 0.2) is 0 Å². The maximum Gasteiger partial charge on any atom is 0.0654 e. The first kappa shape index (κ1) is 7.37. The van der Waals surface area contributed by atoms with E-state index in [9.17, 15) is 0 Å². The lowest BCUT2D eigenvalue weighted by molar-refractivity contribution is 1.33. The first-order valence-electron chi connectivity index (χ1n) is 2.29. The van der Waals surface area contributed by atoms with Crippen LogP contribution in [-0.4, -0.2) is 5.49 Å². The first-order valence-corrected chi connectivity index (χ1v) is 2.76. The van der Waals surface area contributed by atoms with Crippen molar-refractivity contribution in [1.29, 1.82) is 0 Å². The van der Waals surface area contributed by atoms with Crippen molar-refractivity contribution < 1.29 is 0 Å². The van der Waals surface area contributed by atoms with Gasteiger partial charge in [0.25, 0.3) is 0 Å². The molecule has 0 atom stereocenters. The van der Waals surface area contributed by atoms with E-state index < -0.39 is 0 Å². The molecule has 44 valence electrons. The van der Waals surface area contributed by atoms with Gasteiger partial charge in [-0.25, -0.2) is 0 Å². The van der Waals surface area contributed by atoms with E-state index >= 15 is 0 Å². The fourth-order valence-corrected chi connectivity index (χ4v) is 0.308. The Morgan fingerprint density at radius 1 is 1.75 bits per heavy atom. The van der Waals surface area contributed by atoms with Gasteiger partial charge in [0.2, 0.25) is 0 Å². The van der Waals surface area contributed by atoms with Crippen LogP contribution in [0.4, 0.5) is 0 Å². The van der Waals surface area contributed by atoms with Gasteiger partial charge in [-0.05, 0) is 13.0 Å². The highest BCUT2D eigenvalue weighted by Gasteiger charge is 1.68. The zero-order valence-corrected chi connectivity index (χ0v) is 5.66. The fraction of sp³-hybridized carbons (Fsp3) is 0.167. The van der Waals surface area contributed by atoms with Crippen LogP contribution in [0.2, 0.25) is 0 Å². The van der Waals surface area contributed by atoms with Crippen molar-refractivity contribution in [1.82, 2.24) is 5.32 Å². The number of hydrogen-bond acceptors (Lipinski definition) is 1. The Bertz CT molecular complexity index is 116. The molecule has 0 saturated carbocycles. The molecule has 2 heteroatoms. The molecule has 0 spiro atoms. The Kier molecular flexibility index (Phi) is 4.17. The van der Waals surface area contributed by atoms with Crippen LogP contribution in [0.1, 0.15) is 6.92 Å². The Balaban J connectivity index is 3.34. The highest BCUT2D eigenvalue weighted by molar-refractivity contribution is 7.78. The fourth-order valence-electron chi connectivity index (χ4n) is 0.230. The smallest absolute Gasteiger partial charge is 0.0654 e. The zero-order valence-electron chi connectivity index (χ0n) is 4.85. The lowest BCUT2D eigenvalue weighted by Crippen LogP contribution is -1.95. The molecule has 0 bridgehead atoms. The monoisotopic (exact) mass is 127 g/mol. The average Bonchev–Trinajstić information content (AvgIpc) is 1.66. The number of allylic oxidation sites excluding steroid dienone is 2. The molecule has 1 N–H and O–H groups in total. The van der Waals surface area contributed by atoms with Crippen LogP contribution in [0.25, 0.3) is 0 Å². The second-order valence-electron chi connectivity index (χ2n) is 1.46. The molecule has 8 heavy (non-hydrogen) atoms. The molecule has 0 radical (unpaired) electrons. The normalized spacial score (nSPS) is 9.12. The minimum Gasteiger partial charge on any atom is -0.359 e. The number of thiocarbonyl (C=S) groups is 1. The van der Waals surface area contributed by atoms with E-state index in [0.29, 0.717) is 0 Å². The molecule has 0 aliphatic carbocycles. The second-order valence-corrected chi connectivity index (χ2v) is 1.70. The summed E-state index contributed by atoms with van der Waals surface area (Å²) in [6.07, 6.45) is 3.60. The molecule has 0 aromatic carbocycles. The van der Waals surface area contributed by atoms with E-state index in [4.69, 9.17) is 0 Å². The van der Waals surface area contributed by atoms with Gasteiger partial charge >= 0.3 is 0 Å². The van der Waals surface area contributed by atoms with Crippen LogP contribution < -0.4 is 5.32 Å². The van der Waals surface area contributed by atoms with Crippen molar-refractivity contribution in [2.75, 3.05) is 0 Å². The van der Waals surface area contributed by atoms with Crippen LogP contribution in [0.3, 0.4) is 0 Å². The van der Waals surface area contributed by atoms with E-state index in [-0.39, 0.29) is 0 Å². The highest BCUT2D eigenvalue weighted by atomic mass is 32.1. The summed E-state index contributed by atoms with van der Waals surface area (Å²) in [6, 6.07) is 0. The summed E-state index contributed by atoms with van der Waals surface area (Å²) in [6.45, 7) is 5.57. The molecule has 0 aliphatic rings. The summed E-state index contributed by atoms with van der Waals surface area (Å²) in [5, 5.41) is 2.73. The van der Waals surface area contributed by atoms with Gasteiger partial charge in [-0.2, -0.15) is 0 Å². The molecular formula is C6H9NS. The molecular weight excluding hydrogens is 118 g/mol. The summed E-state index contributed by atoms with van der Waals surface area (Å²) >= 11 is 4.49. The predicted octanol–water partition coefficient (Wildman–Crippen LogP) is 1.62. The third-order valence-corrected chi connectivity index (χ3v) is 0.668. The van der Waals surface area contributed by atoms with E-state index in [2.05, 4.69) is 24.1 Å². The van der Waals surface area contributed by atoms with Crippen molar-refractivity contribution in [3.8, 4) is 0 Å².